The second-order valence-electron chi connectivity index (χ2n) is 9.40. The first-order chi connectivity index (χ1) is 14.1. The minimum absolute atomic E-state index is 0. The van der Waals surface area contributed by atoms with Gasteiger partial charge in [-0.2, -0.15) is 0 Å². The molecular weight excluding hydrogens is 491 g/mol. The van der Waals surface area contributed by atoms with E-state index in [1.165, 1.54) is 58.3 Å². The Morgan fingerprint density at radius 3 is 2.30 bits per heavy atom. The van der Waals surface area contributed by atoms with Crippen LogP contribution in [0.5, 0.6) is 0 Å². The van der Waals surface area contributed by atoms with E-state index in [2.05, 4.69) is 44.3 Å². The summed E-state index contributed by atoms with van der Waals surface area (Å²) in [7, 11) is 4.11. The first-order valence-electron chi connectivity index (χ1n) is 11.8. The summed E-state index contributed by atoms with van der Waals surface area (Å²) in [4.78, 5) is 12.2. The second kappa shape index (κ2) is 13.4. The van der Waals surface area contributed by atoms with E-state index in [4.69, 9.17) is 4.74 Å². The lowest BCUT2D eigenvalue weighted by Crippen LogP contribution is -2.60. The third-order valence-electron chi connectivity index (χ3n) is 7.06. The molecule has 1 saturated carbocycles. The highest BCUT2D eigenvalue weighted by molar-refractivity contribution is 14.0. The molecule has 0 amide bonds. The van der Waals surface area contributed by atoms with E-state index in [-0.39, 0.29) is 29.5 Å². The molecule has 0 aromatic rings. The van der Waals surface area contributed by atoms with Crippen LogP contribution in [0.25, 0.3) is 0 Å². The molecule has 3 rings (SSSR count). The monoisotopic (exact) mass is 536 g/mol. The van der Waals surface area contributed by atoms with Crippen LogP contribution in [0, 0.1) is 5.92 Å². The van der Waals surface area contributed by atoms with Crippen LogP contribution >= 0.6 is 24.0 Å². The lowest BCUT2D eigenvalue weighted by Gasteiger charge is -2.48. The minimum Gasteiger partial charge on any atom is -0.379 e. The van der Waals surface area contributed by atoms with Crippen molar-refractivity contribution in [1.29, 1.82) is 0 Å². The average molecular weight is 537 g/mol. The van der Waals surface area contributed by atoms with Crippen molar-refractivity contribution in [2.75, 3.05) is 86.2 Å². The number of nitrogens with zero attached hydrogens (tertiary/aromatic N) is 4. The van der Waals surface area contributed by atoms with E-state index >= 15 is 0 Å². The molecule has 1 unspecified atom stereocenters. The molecule has 2 aliphatic heterocycles. The highest BCUT2D eigenvalue weighted by atomic mass is 127. The quantitative estimate of drug-likeness (QED) is 0.294. The summed E-state index contributed by atoms with van der Waals surface area (Å²) in [5, 5.41) is 7.26. The second-order valence-corrected chi connectivity index (χ2v) is 9.40. The molecule has 7 nitrogen and oxygen atoms in total. The summed E-state index contributed by atoms with van der Waals surface area (Å²) >= 11 is 0. The predicted molar refractivity (Wildman–Crippen MR) is 136 cm³/mol. The molecule has 0 aromatic carbocycles. The van der Waals surface area contributed by atoms with Gasteiger partial charge in [0.1, 0.15) is 0 Å². The van der Waals surface area contributed by atoms with Gasteiger partial charge in [-0.1, -0.05) is 26.2 Å². The van der Waals surface area contributed by atoms with Crippen molar-refractivity contribution in [2.24, 2.45) is 10.9 Å². The lowest BCUT2D eigenvalue weighted by molar-refractivity contribution is -0.0352. The average Bonchev–Trinajstić information content (AvgIpc) is 2.77. The van der Waals surface area contributed by atoms with Gasteiger partial charge in [-0.25, -0.2) is 0 Å². The Bertz CT molecular complexity index is 500. The van der Waals surface area contributed by atoms with Crippen molar-refractivity contribution < 1.29 is 4.74 Å². The first kappa shape index (κ1) is 26.1. The Balaban J connectivity index is 0.00000320. The number of halogens is 1. The zero-order valence-electron chi connectivity index (χ0n) is 19.5. The van der Waals surface area contributed by atoms with Crippen molar-refractivity contribution in [2.45, 2.75) is 44.6 Å². The highest BCUT2D eigenvalue weighted by Gasteiger charge is 2.38. The van der Waals surface area contributed by atoms with Crippen molar-refractivity contribution >= 4 is 29.9 Å². The molecule has 1 aliphatic carbocycles. The van der Waals surface area contributed by atoms with Gasteiger partial charge >= 0.3 is 0 Å². The molecule has 2 saturated heterocycles. The SMILES string of the molecule is CN=C(NCC(C)CN1CCN(C)CC1)NCC1(N2CCOCC2)CCCCC1.I. The number of ether oxygens (including phenoxy) is 1. The molecule has 2 N–H and O–H groups in total. The molecule has 0 aromatic heterocycles. The van der Waals surface area contributed by atoms with Crippen LogP contribution < -0.4 is 10.6 Å². The summed E-state index contributed by atoms with van der Waals surface area (Å²) in [5.41, 5.74) is 0.269. The van der Waals surface area contributed by atoms with E-state index in [9.17, 15) is 0 Å². The summed E-state index contributed by atoms with van der Waals surface area (Å²) in [6.07, 6.45) is 6.64. The van der Waals surface area contributed by atoms with Crippen LogP contribution in [0.2, 0.25) is 0 Å². The van der Waals surface area contributed by atoms with E-state index in [0.717, 1.165) is 51.9 Å². The number of nitrogens with one attached hydrogen (secondary N) is 2. The largest absolute Gasteiger partial charge is 0.379 e. The summed E-state index contributed by atoms with van der Waals surface area (Å²) in [5.74, 6) is 1.56. The number of aliphatic imine (C=N–C) groups is 1. The predicted octanol–water partition coefficient (Wildman–Crippen LogP) is 1.69. The molecule has 2 heterocycles. The maximum atomic E-state index is 5.61. The molecule has 30 heavy (non-hydrogen) atoms. The number of likely N-dealkylation sites (N-methyl/N-ethyl adjacent to an activating group) is 1. The number of rotatable bonds is 7. The van der Waals surface area contributed by atoms with Crippen molar-refractivity contribution in [3.8, 4) is 0 Å². The van der Waals surface area contributed by atoms with E-state index < -0.39 is 0 Å². The first-order valence-corrected chi connectivity index (χ1v) is 11.8. The van der Waals surface area contributed by atoms with Crippen LogP contribution in [0.3, 0.4) is 0 Å². The number of guanidine groups is 1. The van der Waals surface area contributed by atoms with Gasteiger partial charge in [-0.3, -0.25) is 9.89 Å². The molecule has 3 aliphatic rings. The number of morpholine rings is 1. The molecule has 0 bridgehead atoms. The van der Waals surface area contributed by atoms with E-state index in [0.29, 0.717) is 5.92 Å². The Morgan fingerprint density at radius 2 is 1.67 bits per heavy atom. The van der Waals surface area contributed by atoms with Crippen molar-refractivity contribution in [3.05, 3.63) is 0 Å². The Labute approximate surface area is 201 Å². The zero-order valence-corrected chi connectivity index (χ0v) is 21.8. The van der Waals surface area contributed by atoms with Crippen LogP contribution in [-0.4, -0.2) is 112 Å². The Kier molecular flexibility index (Phi) is 11.7. The van der Waals surface area contributed by atoms with Gasteiger partial charge in [-0.05, 0) is 25.8 Å². The summed E-state index contributed by atoms with van der Waals surface area (Å²) < 4.78 is 5.61. The Hall–Kier alpha value is -0.160. The Morgan fingerprint density at radius 1 is 1.00 bits per heavy atom. The van der Waals surface area contributed by atoms with Crippen LogP contribution in [0.4, 0.5) is 0 Å². The van der Waals surface area contributed by atoms with Gasteiger partial charge in [0.05, 0.1) is 13.2 Å². The fraction of sp³-hybridized carbons (Fsp3) is 0.955. The van der Waals surface area contributed by atoms with Gasteiger partial charge in [0, 0.05) is 71.5 Å². The molecule has 8 heteroatoms. The zero-order chi connectivity index (χ0) is 20.5. The van der Waals surface area contributed by atoms with Gasteiger partial charge in [-0.15, -0.1) is 24.0 Å². The summed E-state index contributed by atoms with van der Waals surface area (Å²) in [6, 6.07) is 0. The fourth-order valence-corrected chi connectivity index (χ4v) is 5.13. The van der Waals surface area contributed by atoms with Crippen LogP contribution in [0.15, 0.2) is 4.99 Å². The standard InChI is InChI=1S/C22H44N6O.HI/c1-20(18-27-11-9-26(3)10-12-27)17-24-21(23-2)25-19-22(7-5-4-6-8-22)28-13-15-29-16-14-28;/h20H,4-19H2,1-3H3,(H2,23,24,25);1H. The molecule has 176 valence electrons. The normalized spacial score (nSPS) is 25.4. The lowest BCUT2D eigenvalue weighted by atomic mass is 9.80. The third kappa shape index (κ3) is 7.76. The van der Waals surface area contributed by atoms with Gasteiger partial charge in [0.25, 0.3) is 0 Å². The molecule has 0 radical (unpaired) electrons. The minimum atomic E-state index is 0. The number of hydrogen-bond donors (Lipinski definition) is 2. The maximum Gasteiger partial charge on any atom is 0.191 e. The number of piperazine rings is 1. The van der Waals surface area contributed by atoms with Crippen molar-refractivity contribution in [1.82, 2.24) is 25.3 Å². The molecule has 0 spiro atoms. The number of hydrogen-bond acceptors (Lipinski definition) is 5. The molecule has 3 fully saturated rings. The van der Waals surface area contributed by atoms with Gasteiger partial charge in [0.2, 0.25) is 0 Å². The van der Waals surface area contributed by atoms with Gasteiger partial charge in [0.15, 0.2) is 5.96 Å². The maximum absolute atomic E-state index is 5.61. The molecule has 1 atom stereocenters. The van der Waals surface area contributed by atoms with Crippen LogP contribution in [0.1, 0.15) is 39.0 Å². The highest BCUT2D eigenvalue weighted by Crippen LogP contribution is 2.33. The van der Waals surface area contributed by atoms with Gasteiger partial charge < -0.3 is 25.2 Å². The topological polar surface area (TPSA) is 55.4 Å². The smallest absolute Gasteiger partial charge is 0.191 e. The fourth-order valence-electron chi connectivity index (χ4n) is 5.13. The van der Waals surface area contributed by atoms with Crippen molar-refractivity contribution in [3.63, 3.8) is 0 Å². The summed E-state index contributed by atoms with van der Waals surface area (Å²) in [6.45, 7) is 14.1. The third-order valence-corrected chi connectivity index (χ3v) is 7.06. The van der Waals surface area contributed by atoms with E-state index in [1.54, 1.807) is 0 Å². The van der Waals surface area contributed by atoms with Crippen LogP contribution in [-0.2, 0) is 4.74 Å². The van der Waals surface area contributed by atoms with E-state index in [1.807, 2.05) is 7.05 Å². The molecular formula is C22H45IN6O.